The van der Waals surface area contributed by atoms with Crippen LogP contribution in [0.2, 0.25) is 0 Å². The number of hydrogen-bond acceptors (Lipinski definition) is 5. The van der Waals surface area contributed by atoms with Gasteiger partial charge in [-0.05, 0) is 6.07 Å². The van der Waals surface area contributed by atoms with Crippen molar-refractivity contribution < 1.29 is 23.6 Å². The summed E-state index contributed by atoms with van der Waals surface area (Å²) in [6, 6.07) is 2.89. The third kappa shape index (κ3) is 4.06. The minimum Gasteiger partial charge on any atom is -0.483 e. The molecule has 0 heterocycles. The summed E-state index contributed by atoms with van der Waals surface area (Å²) in [5.41, 5.74) is -0.339. The summed E-state index contributed by atoms with van der Waals surface area (Å²) in [5.74, 6) is -1.32. The number of benzene rings is 1. The van der Waals surface area contributed by atoms with Crippen molar-refractivity contribution in [1.82, 2.24) is 0 Å². The number of nitro benzene ring substituents is 1. The summed E-state index contributed by atoms with van der Waals surface area (Å²) in [7, 11) is 0. The van der Waals surface area contributed by atoms with E-state index in [-0.39, 0.29) is 24.7 Å². The van der Waals surface area contributed by atoms with Crippen molar-refractivity contribution in [3.63, 3.8) is 0 Å². The van der Waals surface area contributed by atoms with Gasteiger partial charge in [0.2, 0.25) is 0 Å². The van der Waals surface area contributed by atoms with Crippen molar-refractivity contribution in [2.24, 2.45) is 0 Å². The first-order valence-corrected chi connectivity index (χ1v) is 4.71. The lowest BCUT2D eigenvalue weighted by Crippen LogP contribution is -2.10. The van der Waals surface area contributed by atoms with Crippen LogP contribution in [0.5, 0.6) is 5.75 Å². The van der Waals surface area contributed by atoms with Crippen molar-refractivity contribution >= 4 is 11.7 Å². The molecule has 0 fully saturated rings. The van der Waals surface area contributed by atoms with Gasteiger partial charge in [-0.3, -0.25) is 14.9 Å². The van der Waals surface area contributed by atoms with Crippen LogP contribution in [0.1, 0.15) is 6.92 Å². The van der Waals surface area contributed by atoms with Gasteiger partial charge in [0.1, 0.15) is 19.0 Å². The number of carbonyl (C=O) groups is 1. The molecule has 1 aromatic carbocycles. The quantitative estimate of drug-likeness (QED) is 0.340. The molecule has 6 nitrogen and oxygen atoms in total. The first-order chi connectivity index (χ1) is 8.00. The zero-order valence-corrected chi connectivity index (χ0v) is 9.01. The predicted octanol–water partition coefficient (Wildman–Crippen LogP) is 1.68. The molecule has 0 aliphatic rings. The molecular weight excluding hydrogens is 233 g/mol. The van der Waals surface area contributed by atoms with Crippen molar-refractivity contribution in [2.75, 3.05) is 13.2 Å². The van der Waals surface area contributed by atoms with Gasteiger partial charge in [0.05, 0.1) is 4.92 Å². The zero-order chi connectivity index (χ0) is 12.8. The van der Waals surface area contributed by atoms with E-state index in [0.717, 1.165) is 18.2 Å². The van der Waals surface area contributed by atoms with Gasteiger partial charge >= 0.3 is 11.7 Å². The molecular formula is C10H10FNO5. The van der Waals surface area contributed by atoms with Gasteiger partial charge in [0, 0.05) is 19.1 Å². The fraction of sp³-hybridized carbons (Fsp3) is 0.300. The van der Waals surface area contributed by atoms with Crippen LogP contribution in [0.3, 0.4) is 0 Å². The number of ether oxygens (including phenoxy) is 2. The Morgan fingerprint density at radius 1 is 1.47 bits per heavy atom. The highest BCUT2D eigenvalue weighted by molar-refractivity contribution is 5.65. The summed E-state index contributed by atoms with van der Waals surface area (Å²) in [6.45, 7) is 1.09. The molecule has 0 amide bonds. The zero-order valence-electron chi connectivity index (χ0n) is 9.01. The van der Waals surface area contributed by atoms with Gasteiger partial charge in [0.15, 0.2) is 5.75 Å². The second-order valence-electron chi connectivity index (χ2n) is 3.06. The highest BCUT2D eigenvalue weighted by Gasteiger charge is 2.15. The molecule has 0 radical (unpaired) electrons. The van der Waals surface area contributed by atoms with Crippen LogP contribution >= 0.6 is 0 Å². The van der Waals surface area contributed by atoms with Crippen molar-refractivity contribution in [1.29, 1.82) is 0 Å². The Morgan fingerprint density at radius 2 is 2.18 bits per heavy atom. The number of nitro groups is 1. The van der Waals surface area contributed by atoms with Gasteiger partial charge in [-0.25, -0.2) is 4.39 Å². The molecule has 0 N–H and O–H groups in total. The van der Waals surface area contributed by atoms with Crippen molar-refractivity contribution in [3.05, 3.63) is 34.1 Å². The fourth-order valence-corrected chi connectivity index (χ4v) is 1.09. The lowest BCUT2D eigenvalue weighted by Gasteiger charge is -2.06. The summed E-state index contributed by atoms with van der Waals surface area (Å²) in [6.07, 6.45) is 0. The molecule has 0 saturated carbocycles. The van der Waals surface area contributed by atoms with E-state index < -0.39 is 16.7 Å². The maximum atomic E-state index is 12.9. The number of esters is 1. The van der Waals surface area contributed by atoms with E-state index in [0.29, 0.717) is 0 Å². The van der Waals surface area contributed by atoms with E-state index in [1.807, 2.05) is 0 Å². The van der Waals surface area contributed by atoms with Crippen molar-refractivity contribution in [2.45, 2.75) is 6.92 Å². The summed E-state index contributed by atoms with van der Waals surface area (Å²) in [4.78, 5) is 20.4. The SMILES string of the molecule is CC(=O)OCCOc1cc(F)ccc1[N+](=O)[O-]. The molecule has 92 valence electrons. The standard InChI is InChI=1S/C10H10FNO5/c1-7(13)16-4-5-17-10-6-8(11)2-3-9(10)12(14)15/h2-3,6H,4-5H2,1H3. The maximum Gasteiger partial charge on any atom is 0.311 e. The van der Waals surface area contributed by atoms with Gasteiger partial charge in [-0.2, -0.15) is 0 Å². The molecule has 1 rings (SSSR count). The van der Waals surface area contributed by atoms with Crippen LogP contribution in [0.15, 0.2) is 18.2 Å². The second kappa shape index (κ2) is 5.78. The average molecular weight is 243 g/mol. The highest BCUT2D eigenvalue weighted by Crippen LogP contribution is 2.27. The van der Waals surface area contributed by atoms with Gasteiger partial charge in [-0.15, -0.1) is 0 Å². The number of hydrogen-bond donors (Lipinski definition) is 0. The molecule has 1 aromatic rings. The smallest absolute Gasteiger partial charge is 0.311 e. The molecule has 7 heteroatoms. The lowest BCUT2D eigenvalue weighted by molar-refractivity contribution is -0.385. The van der Waals surface area contributed by atoms with E-state index >= 15 is 0 Å². The Morgan fingerprint density at radius 3 is 2.76 bits per heavy atom. The molecule has 0 spiro atoms. The lowest BCUT2D eigenvalue weighted by atomic mass is 10.3. The molecule has 0 bridgehead atoms. The number of nitrogens with zero attached hydrogens (tertiary/aromatic N) is 1. The molecule has 0 aliphatic heterocycles. The van der Waals surface area contributed by atoms with Gasteiger partial charge in [0.25, 0.3) is 0 Å². The number of rotatable bonds is 5. The summed E-state index contributed by atoms with van der Waals surface area (Å²) in [5, 5.41) is 10.6. The second-order valence-corrected chi connectivity index (χ2v) is 3.06. The van der Waals surface area contributed by atoms with Crippen LogP contribution in [0.25, 0.3) is 0 Å². The Balaban J connectivity index is 2.65. The third-order valence-electron chi connectivity index (χ3n) is 1.76. The van der Waals surface area contributed by atoms with Crippen LogP contribution in [0, 0.1) is 15.9 Å². The first kappa shape index (κ1) is 12.9. The van der Waals surface area contributed by atoms with E-state index in [9.17, 15) is 19.3 Å². The van der Waals surface area contributed by atoms with Gasteiger partial charge in [-0.1, -0.05) is 0 Å². The molecule has 0 saturated heterocycles. The Labute approximate surface area is 96.1 Å². The minimum atomic E-state index is -0.680. The van der Waals surface area contributed by atoms with Crippen LogP contribution in [-0.4, -0.2) is 24.1 Å². The monoisotopic (exact) mass is 243 g/mol. The third-order valence-corrected chi connectivity index (χ3v) is 1.76. The summed E-state index contributed by atoms with van der Waals surface area (Å²) < 4.78 is 22.4. The fourth-order valence-electron chi connectivity index (χ4n) is 1.09. The molecule has 17 heavy (non-hydrogen) atoms. The molecule has 0 unspecified atom stereocenters. The minimum absolute atomic E-state index is 0.0526. The largest absolute Gasteiger partial charge is 0.483 e. The average Bonchev–Trinajstić information content (AvgIpc) is 2.23. The van der Waals surface area contributed by atoms with E-state index in [2.05, 4.69) is 4.74 Å². The molecule has 0 aromatic heterocycles. The summed E-state index contributed by atoms with van der Waals surface area (Å²) >= 11 is 0. The van der Waals surface area contributed by atoms with E-state index in [1.54, 1.807) is 0 Å². The maximum absolute atomic E-state index is 12.9. The van der Waals surface area contributed by atoms with Gasteiger partial charge < -0.3 is 9.47 Å². The Kier molecular flexibility index (Phi) is 4.38. The highest BCUT2D eigenvalue weighted by atomic mass is 19.1. The number of carbonyl (C=O) groups excluding carboxylic acids is 1. The molecule has 0 atom stereocenters. The first-order valence-electron chi connectivity index (χ1n) is 4.71. The van der Waals surface area contributed by atoms with Crippen LogP contribution in [-0.2, 0) is 9.53 Å². The topological polar surface area (TPSA) is 78.7 Å². The predicted molar refractivity (Wildman–Crippen MR) is 55.2 cm³/mol. The molecule has 0 aliphatic carbocycles. The van der Waals surface area contributed by atoms with Crippen LogP contribution in [0.4, 0.5) is 10.1 Å². The van der Waals surface area contributed by atoms with E-state index in [4.69, 9.17) is 4.74 Å². The van der Waals surface area contributed by atoms with Crippen LogP contribution < -0.4 is 4.74 Å². The van der Waals surface area contributed by atoms with E-state index in [1.165, 1.54) is 6.92 Å². The Hall–Kier alpha value is -2.18. The normalized spacial score (nSPS) is 9.76. The number of halogens is 1. The Bertz CT molecular complexity index is 435. The van der Waals surface area contributed by atoms with Crippen molar-refractivity contribution in [3.8, 4) is 5.75 Å².